The fourth-order valence-corrected chi connectivity index (χ4v) is 1.34. The molecule has 0 fully saturated rings. The molecule has 0 unspecified atom stereocenters. The standard InChI is InChI=1S/C6H8Ge.3ClH/c7-6-4-2-1-3-5-6;;;/h1-5H,7H3;3*1H. The summed E-state index contributed by atoms with van der Waals surface area (Å²) < 4.78 is 1.51. The zero-order valence-corrected chi connectivity index (χ0v) is 12.3. The quantitative estimate of drug-likeness (QED) is 0.610. The van der Waals surface area contributed by atoms with Gasteiger partial charge in [-0.3, -0.25) is 0 Å². The third kappa shape index (κ3) is 6.75. The molecule has 0 nitrogen and oxygen atoms in total. The number of halogens is 3. The van der Waals surface area contributed by atoms with Crippen molar-refractivity contribution >= 4 is 58.1 Å². The average molecular weight is 262 g/mol. The molecule has 60 valence electrons. The molecule has 4 heteroatoms. The fourth-order valence-electron chi connectivity index (χ4n) is 0.534. The number of hydrogen-bond donors (Lipinski definition) is 0. The second-order valence-electron chi connectivity index (χ2n) is 1.65. The van der Waals surface area contributed by atoms with Crippen LogP contribution in [0.15, 0.2) is 30.3 Å². The van der Waals surface area contributed by atoms with E-state index < -0.39 is 0 Å². The molecule has 1 aromatic rings. The second kappa shape index (κ2) is 9.63. The Balaban J connectivity index is -0.000000163. The van der Waals surface area contributed by atoms with Gasteiger partial charge in [-0.1, -0.05) is 0 Å². The molecule has 0 saturated carbocycles. The molecule has 1 rings (SSSR count). The van der Waals surface area contributed by atoms with E-state index in [0.717, 1.165) is 16.5 Å². The van der Waals surface area contributed by atoms with Gasteiger partial charge in [0.05, 0.1) is 0 Å². The van der Waals surface area contributed by atoms with Crippen LogP contribution in [-0.4, -0.2) is 16.5 Å². The normalized spacial score (nSPS) is 6.40. The van der Waals surface area contributed by atoms with Gasteiger partial charge in [-0.15, -0.1) is 37.2 Å². The van der Waals surface area contributed by atoms with Crippen LogP contribution in [0.5, 0.6) is 0 Å². The average Bonchev–Trinajstić information content (AvgIpc) is 1.69. The Hall–Kier alpha value is 0.633. The minimum atomic E-state index is 0. The first-order chi connectivity index (χ1) is 3.39. The molecular formula is C6H11Cl3Ge. The molecule has 0 amide bonds. The molecule has 0 spiro atoms. The monoisotopic (exact) mass is 262 g/mol. The summed E-state index contributed by atoms with van der Waals surface area (Å²) in [6, 6.07) is 10.6. The Labute approximate surface area is 88.2 Å². The Morgan fingerprint density at radius 3 is 1.40 bits per heavy atom. The van der Waals surface area contributed by atoms with E-state index in [4.69, 9.17) is 0 Å². The van der Waals surface area contributed by atoms with Crippen molar-refractivity contribution < 1.29 is 0 Å². The van der Waals surface area contributed by atoms with Crippen molar-refractivity contribution in [2.24, 2.45) is 0 Å². The maximum absolute atomic E-state index is 2.17. The summed E-state index contributed by atoms with van der Waals surface area (Å²) in [6.45, 7) is 0. The van der Waals surface area contributed by atoms with Crippen LogP contribution in [0.25, 0.3) is 0 Å². The van der Waals surface area contributed by atoms with Crippen LogP contribution in [0.1, 0.15) is 0 Å². The van der Waals surface area contributed by atoms with E-state index in [9.17, 15) is 0 Å². The molecule has 0 aromatic heterocycles. The first-order valence-electron chi connectivity index (χ1n) is 2.41. The van der Waals surface area contributed by atoms with E-state index in [1.54, 1.807) is 0 Å². The van der Waals surface area contributed by atoms with Crippen molar-refractivity contribution in [2.45, 2.75) is 0 Å². The molecule has 1 aromatic carbocycles. The van der Waals surface area contributed by atoms with E-state index in [-0.39, 0.29) is 37.2 Å². The summed E-state index contributed by atoms with van der Waals surface area (Å²) in [5.41, 5.74) is 0. The first kappa shape index (κ1) is 16.9. The number of hydrogen-bond acceptors (Lipinski definition) is 0. The van der Waals surface area contributed by atoms with Gasteiger partial charge < -0.3 is 0 Å². The van der Waals surface area contributed by atoms with Crippen molar-refractivity contribution in [3.05, 3.63) is 30.3 Å². The summed E-state index contributed by atoms with van der Waals surface area (Å²) in [4.78, 5) is 0. The van der Waals surface area contributed by atoms with E-state index in [2.05, 4.69) is 30.3 Å². The number of benzene rings is 1. The molecular weight excluding hydrogens is 251 g/mol. The summed E-state index contributed by atoms with van der Waals surface area (Å²) in [7, 11) is 0. The van der Waals surface area contributed by atoms with Gasteiger partial charge in [0, 0.05) is 0 Å². The van der Waals surface area contributed by atoms with Crippen LogP contribution in [0, 0.1) is 0 Å². The van der Waals surface area contributed by atoms with Crippen molar-refractivity contribution in [1.29, 1.82) is 0 Å². The van der Waals surface area contributed by atoms with Gasteiger partial charge in [-0.2, -0.15) is 0 Å². The zero-order chi connectivity index (χ0) is 5.11. The zero-order valence-electron chi connectivity index (χ0n) is 5.61. The van der Waals surface area contributed by atoms with Gasteiger partial charge >= 0.3 is 51.2 Å². The van der Waals surface area contributed by atoms with E-state index in [1.165, 1.54) is 4.40 Å². The Kier molecular flexibility index (Phi) is 16.3. The minimum absolute atomic E-state index is 0. The van der Waals surface area contributed by atoms with Gasteiger partial charge in [0.2, 0.25) is 0 Å². The molecule has 0 radical (unpaired) electrons. The molecule has 0 N–H and O–H groups in total. The molecule has 10 heavy (non-hydrogen) atoms. The van der Waals surface area contributed by atoms with Crippen LogP contribution >= 0.6 is 37.2 Å². The maximum atomic E-state index is 2.17. The van der Waals surface area contributed by atoms with E-state index in [1.807, 2.05) is 0 Å². The van der Waals surface area contributed by atoms with E-state index in [0.29, 0.717) is 0 Å². The van der Waals surface area contributed by atoms with Crippen LogP contribution in [0.4, 0.5) is 0 Å². The van der Waals surface area contributed by atoms with Crippen molar-refractivity contribution in [2.75, 3.05) is 0 Å². The van der Waals surface area contributed by atoms with Crippen molar-refractivity contribution in [1.82, 2.24) is 0 Å². The Morgan fingerprint density at radius 1 is 0.800 bits per heavy atom. The first-order valence-corrected chi connectivity index (χ1v) is 4.51. The van der Waals surface area contributed by atoms with Gasteiger partial charge in [0.25, 0.3) is 0 Å². The molecule has 0 heterocycles. The molecule has 0 aliphatic carbocycles. The Morgan fingerprint density at radius 2 is 1.20 bits per heavy atom. The van der Waals surface area contributed by atoms with Gasteiger partial charge in [-0.05, 0) is 0 Å². The molecule has 0 atom stereocenters. The SMILES string of the molecule is Cl.Cl.Cl.[GeH3][c]1ccccc1. The fraction of sp³-hybridized carbons (Fsp3) is 0. The number of rotatable bonds is 0. The third-order valence-electron chi connectivity index (χ3n) is 0.940. The summed E-state index contributed by atoms with van der Waals surface area (Å²) in [5.74, 6) is 0. The summed E-state index contributed by atoms with van der Waals surface area (Å²) in [6.07, 6.45) is 0. The van der Waals surface area contributed by atoms with Gasteiger partial charge in [0.15, 0.2) is 0 Å². The Bertz CT molecular complexity index is 143. The van der Waals surface area contributed by atoms with Crippen LogP contribution in [0.2, 0.25) is 0 Å². The summed E-state index contributed by atoms with van der Waals surface area (Å²) >= 11 is 0.855. The van der Waals surface area contributed by atoms with E-state index >= 15 is 0 Å². The molecule has 0 saturated heterocycles. The molecule has 0 bridgehead atoms. The summed E-state index contributed by atoms with van der Waals surface area (Å²) in [5, 5.41) is 0. The second-order valence-corrected chi connectivity index (χ2v) is 4.08. The molecule has 0 aliphatic rings. The predicted molar refractivity (Wildman–Crippen MR) is 57.8 cm³/mol. The van der Waals surface area contributed by atoms with Crippen molar-refractivity contribution in [3.8, 4) is 0 Å². The van der Waals surface area contributed by atoms with Crippen LogP contribution < -0.4 is 4.40 Å². The molecule has 0 aliphatic heterocycles. The topological polar surface area (TPSA) is 0 Å². The third-order valence-corrected chi connectivity index (χ3v) is 2.34. The van der Waals surface area contributed by atoms with Gasteiger partial charge in [-0.25, -0.2) is 0 Å². The van der Waals surface area contributed by atoms with Gasteiger partial charge in [0.1, 0.15) is 0 Å². The van der Waals surface area contributed by atoms with Crippen LogP contribution in [0.3, 0.4) is 0 Å². The predicted octanol–water partition coefficient (Wildman–Crippen LogP) is 0.943. The van der Waals surface area contributed by atoms with Crippen molar-refractivity contribution in [3.63, 3.8) is 0 Å². The van der Waals surface area contributed by atoms with Crippen LogP contribution in [-0.2, 0) is 0 Å².